The minimum Gasteiger partial charge on any atom is -0.351 e. The Morgan fingerprint density at radius 1 is 1.19 bits per heavy atom. The van der Waals surface area contributed by atoms with Gasteiger partial charge in [-0.2, -0.15) is 0 Å². The van der Waals surface area contributed by atoms with E-state index in [1.165, 1.54) is 11.3 Å². The number of aromatic amines is 1. The molecule has 2 aliphatic heterocycles. The van der Waals surface area contributed by atoms with Crippen LogP contribution in [0.5, 0.6) is 0 Å². The first-order valence-corrected chi connectivity index (χ1v) is 13.7. The van der Waals surface area contributed by atoms with Crippen LogP contribution in [-0.2, 0) is 17.8 Å². The molecule has 3 N–H and O–H groups in total. The molecule has 1 saturated heterocycles. The fourth-order valence-electron chi connectivity index (χ4n) is 5.20. The van der Waals surface area contributed by atoms with Crippen LogP contribution >= 0.6 is 11.3 Å². The van der Waals surface area contributed by atoms with Crippen LogP contribution in [0.1, 0.15) is 56.7 Å². The number of carbonyl (C=O) groups excluding carboxylic acids is 3. The van der Waals surface area contributed by atoms with E-state index < -0.39 is 0 Å². The smallest absolute Gasteiger partial charge is 0.280 e. The van der Waals surface area contributed by atoms with Crippen molar-refractivity contribution in [1.29, 1.82) is 0 Å². The highest BCUT2D eigenvalue weighted by Gasteiger charge is 2.36. The number of thiazole rings is 1. The summed E-state index contributed by atoms with van der Waals surface area (Å²) in [6.45, 7) is 9.86. The number of likely N-dealkylation sites (tertiary alicyclic amines) is 1. The van der Waals surface area contributed by atoms with E-state index in [0.29, 0.717) is 42.8 Å². The number of rotatable bonds is 8. The number of amides is 2. The number of aldehydes is 1. The molecule has 0 saturated carbocycles. The lowest BCUT2D eigenvalue weighted by atomic mass is 10.1. The van der Waals surface area contributed by atoms with E-state index in [-0.39, 0.29) is 23.9 Å². The van der Waals surface area contributed by atoms with E-state index in [1.807, 2.05) is 31.2 Å². The molecule has 1 fully saturated rings. The monoisotopic (exact) mass is 522 g/mol. The molecule has 5 rings (SSSR count). The average Bonchev–Trinajstić information content (AvgIpc) is 3.58. The van der Waals surface area contributed by atoms with Crippen LogP contribution in [0.25, 0.3) is 10.9 Å². The van der Waals surface area contributed by atoms with E-state index in [1.54, 1.807) is 0 Å². The quantitative estimate of drug-likeness (QED) is 0.392. The zero-order chi connectivity index (χ0) is 26.1. The van der Waals surface area contributed by atoms with Gasteiger partial charge in [-0.3, -0.25) is 19.4 Å². The Bertz CT molecular complexity index is 1310. The normalized spacial score (nSPS) is 20.3. The van der Waals surface area contributed by atoms with Gasteiger partial charge in [0, 0.05) is 67.4 Å². The Labute approximate surface area is 220 Å². The maximum Gasteiger partial charge on any atom is 0.280 e. The minimum absolute atomic E-state index is 0.210. The van der Waals surface area contributed by atoms with E-state index in [4.69, 9.17) is 0 Å². The van der Waals surface area contributed by atoms with Crippen LogP contribution in [0, 0.1) is 6.92 Å². The highest BCUT2D eigenvalue weighted by atomic mass is 32.1. The van der Waals surface area contributed by atoms with E-state index >= 15 is 0 Å². The number of fused-ring (bicyclic) bond motifs is 2. The Kier molecular flexibility index (Phi) is 7.41. The second kappa shape index (κ2) is 10.7. The fourth-order valence-corrected chi connectivity index (χ4v) is 6.24. The fraction of sp³-hybridized carbons (Fsp3) is 0.481. The van der Waals surface area contributed by atoms with Crippen LogP contribution in [0.3, 0.4) is 0 Å². The van der Waals surface area contributed by atoms with Crippen LogP contribution in [-0.4, -0.2) is 82.2 Å². The molecule has 9 nitrogen and oxygen atoms in total. The van der Waals surface area contributed by atoms with E-state index in [2.05, 4.69) is 44.2 Å². The molecular weight excluding hydrogens is 488 g/mol. The van der Waals surface area contributed by atoms with Gasteiger partial charge in [0.05, 0.1) is 17.8 Å². The standard InChI is InChI=1S/C27H34N6O3S/c1-16(2)33-9-7-20-24(15-33)37-27(31-20)26(36)30-23-14-32(8-4-10-34)13-22(23)29-25(35)21-12-18-11-17(3)5-6-19(18)28-21/h5-6,10-12,16,22-23,28H,4,7-9,13-15H2,1-3H3,(H,29,35)(H,30,36)/t22-,23-/m1/s1. The molecule has 2 atom stereocenters. The third kappa shape index (κ3) is 5.61. The number of carbonyl (C=O) groups is 3. The topological polar surface area (TPSA) is 110 Å². The van der Waals surface area contributed by atoms with E-state index in [0.717, 1.165) is 52.8 Å². The summed E-state index contributed by atoms with van der Waals surface area (Å²) in [5.41, 5.74) is 3.54. The number of aromatic nitrogens is 2. The molecule has 2 aromatic heterocycles. The minimum atomic E-state index is -0.290. The third-order valence-electron chi connectivity index (χ3n) is 7.30. The van der Waals surface area contributed by atoms with Gasteiger partial charge in [-0.05, 0) is 39.0 Å². The summed E-state index contributed by atoms with van der Waals surface area (Å²) in [5, 5.41) is 7.69. The van der Waals surface area contributed by atoms with E-state index in [9.17, 15) is 14.4 Å². The van der Waals surface area contributed by atoms with Crippen LogP contribution in [0.4, 0.5) is 0 Å². The Balaban J connectivity index is 1.29. The molecule has 2 amide bonds. The van der Waals surface area contributed by atoms with Crippen LogP contribution < -0.4 is 10.6 Å². The van der Waals surface area contributed by atoms with Gasteiger partial charge in [0.15, 0.2) is 5.01 Å². The van der Waals surface area contributed by atoms with Crippen LogP contribution in [0.15, 0.2) is 24.3 Å². The first kappa shape index (κ1) is 25.6. The van der Waals surface area contributed by atoms with Gasteiger partial charge in [0.25, 0.3) is 11.8 Å². The molecule has 37 heavy (non-hydrogen) atoms. The second-order valence-corrected chi connectivity index (χ2v) is 11.4. The Hall–Kier alpha value is -3.08. The van der Waals surface area contributed by atoms with Gasteiger partial charge in [-0.1, -0.05) is 11.6 Å². The summed E-state index contributed by atoms with van der Waals surface area (Å²) >= 11 is 1.46. The molecule has 0 unspecified atom stereocenters. The molecule has 196 valence electrons. The maximum atomic E-state index is 13.2. The molecule has 10 heteroatoms. The number of hydrogen-bond donors (Lipinski definition) is 3. The predicted molar refractivity (Wildman–Crippen MR) is 144 cm³/mol. The summed E-state index contributed by atoms with van der Waals surface area (Å²) in [6, 6.07) is 7.74. The number of nitrogens with one attached hydrogen (secondary N) is 3. The summed E-state index contributed by atoms with van der Waals surface area (Å²) in [6.07, 6.45) is 2.16. The Morgan fingerprint density at radius 2 is 1.95 bits per heavy atom. The van der Waals surface area contributed by atoms with Crippen LogP contribution in [0.2, 0.25) is 0 Å². The third-order valence-corrected chi connectivity index (χ3v) is 8.38. The molecule has 0 aliphatic carbocycles. The zero-order valence-corrected chi connectivity index (χ0v) is 22.4. The number of aryl methyl sites for hydroxylation is 1. The molecule has 2 aliphatic rings. The number of benzene rings is 1. The number of hydrogen-bond acceptors (Lipinski definition) is 7. The predicted octanol–water partition coefficient (Wildman–Crippen LogP) is 2.50. The first-order valence-electron chi connectivity index (χ1n) is 12.9. The van der Waals surface area contributed by atoms with Crippen molar-refractivity contribution in [3.8, 4) is 0 Å². The molecule has 0 radical (unpaired) electrons. The largest absolute Gasteiger partial charge is 0.351 e. The van der Waals surface area contributed by atoms with Crippen molar-refractivity contribution in [2.45, 2.75) is 58.3 Å². The van der Waals surface area contributed by atoms with Crippen molar-refractivity contribution in [2.75, 3.05) is 26.2 Å². The average molecular weight is 523 g/mol. The second-order valence-electron chi connectivity index (χ2n) is 10.4. The van der Waals surface area contributed by atoms with Crippen molar-refractivity contribution >= 4 is 40.3 Å². The van der Waals surface area contributed by atoms with Gasteiger partial charge in [0.1, 0.15) is 12.0 Å². The lowest BCUT2D eigenvalue weighted by Gasteiger charge is -2.29. The zero-order valence-electron chi connectivity index (χ0n) is 21.5. The highest BCUT2D eigenvalue weighted by molar-refractivity contribution is 7.13. The van der Waals surface area contributed by atoms with Crippen molar-refractivity contribution in [2.24, 2.45) is 0 Å². The SMILES string of the molecule is Cc1ccc2[nH]c(C(=O)N[C@@H]3CN(CCC=O)C[C@H]3NC(=O)c3nc4c(s3)CN(C(C)C)CC4)cc2c1. The molecular formula is C27H34N6O3S. The van der Waals surface area contributed by atoms with Gasteiger partial charge >= 0.3 is 0 Å². The molecule has 0 bridgehead atoms. The lowest BCUT2D eigenvalue weighted by molar-refractivity contribution is -0.108. The van der Waals surface area contributed by atoms with Crippen molar-refractivity contribution in [3.63, 3.8) is 0 Å². The highest BCUT2D eigenvalue weighted by Crippen LogP contribution is 2.26. The summed E-state index contributed by atoms with van der Waals surface area (Å²) < 4.78 is 0. The van der Waals surface area contributed by atoms with Gasteiger partial charge in [-0.15, -0.1) is 11.3 Å². The first-order chi connectivity index (χ1) is 17.8. The van der Waals surface area contributed by atoms with Crippen molar-refractivity contribution in [1.82, 2.24) is 30.4 Å². The summed E-state index contributed by atoms with van der Waals surface area (Å²) in [5.74, 6) is -0.424. The van der Waals surface area contributed by atoms with Crippen molar-refractivity contribution < 1.29 is 14.4 Å². The maximum absolute atomic E-state index is 13.2. The van der Waals surface area contributed by atoms with Crippen molar-refractivity contribution in [3.05, 3.63) is 51.1 Å². The Morgan fingerprint density at radius 3 is 2.68 bits per heavy atom. The molecule has 0 spiro atoms. The summed E-state index contributed by atoms with van der Waals surface area (Å²) in [4.78, 5) is 50.8. The summed E-state index contributed by atoms with van der Waals surface area (Å²) in [7, 11) is 0. The molecule has 4 heterocycles. The number of nitrogens with zero attached hydrogens (tertiary/aromatic N) is 3. The lowest BCUT2D eigenvalue weighted by Crippen LogP contribution is -2.51. The molecule has 1 aromatic carbocycles. The van der Waals surface area contributed by atoms with Gasteiger partial charge in [-0.25, -0.2) is 4.98 Å². The van der Waals surface area contributed by atoms with Gasteiger partial charge in [0.2, 0.25) is 0 Å². The number of H-pyrrole nitrogens is 1. The van der Waals surface area contributed by atoms with Gasteiger partial charge < -0.3 is 20.4 Å². The molecule has 3 aromatic rings.